The second-order valence-electron chi connectivity index (χ2n) is 5.95. The number of hydrogen-bond acceptors (Lipinski definition) is 3. The molecule has 1 saturated carbocycles. The van der Waals surface area contributed by atoms with E-state index in [0.717, 1.165) is 24.1 Å². The fourth-order valence-electron chi connectivity index (χ4n) is 2.74. The molecule has 0 spiro atoms. The van der Waals surface area contributed by atoms with E-state index < -0.39 is 0 Å². The number of amides is 2. The van der Waals surface area contributed by atoms with Crippen LogP contribution in [0.4, 0.5) is 5.69 Å². The quantitative estimate of drug-likeness (QED) is 0.766. The van der Waals surface area contributed by atoms with Crippen molar-refractivity contribution in [3.8, 4) is 0 Å². The summed E-state index contributed by atoms with van der Waals surface area (Å²) < 4.78 is 0. The Bertz CT molecular complexity index is 580. The van der Waals surface area contributed by atoms with E-state index in [9.17, 15) is 9.59 Å². The minimum absolute atomic E-state index is 0.0256. The van der Waals surface area contributed by atoms with Crippen molar-refractivity contribution in [3.05, 3.63) is 29.3 Å². The molecule has 4 N–H and O–H groups in total. The van der Waals surface area contributed by atoms with Crippen molar-refractivity contribution >= 4 is 17.5 Å². The van der Waals surface area contributed by atoms with Gasteiger partial charge in [0.05, 0.1) is 12.0 Å². The molecule has 1 heterocycles. The van der Waals surface area contributed by atoms with E-state index in [-0.39, 0.29) is 17.4 Å². The predicted molar refractivity (Wildman–Crippen MR) is 76.4 cm³/mol. The highest BCUT2D eigenvalue weighted by atomic mass is 16.2. The summed E-state index contributed by atoms with van der Waals surface area (Å²) in [4.78, 5) is 23.7. The van der Waals surface area contributed by atoms with Crippen molar-refractivity contribution in [1.82, 2.24) is 5.32 Å². The summed E-state index contributed by atoms with van der Waals surface area (Å²) in [6.45, 7) is 2.44. The Morgan fingerprint density at radius 1 is 1.50 bits per heavy atom. The average Bonchev–Trinajstić information content (AvgIpc) is 3.20. The van der Waals surface area contributed by atoms with Crippen molar-refractivity contribution in [2.24, 2.45) is 11.7 Å². The molecule has 2 amide bonds. The SMILES string of the molecule is CC(CN)(NC(=O)c1ccc2c(c1)CC(=O)N2)C1CC1. The normalized spacial score (nSPS) is 20.0. The second kappa shape index (κ2) is 4.59. The number of nitrogens with one attached hydrogen (secondary N) is 2. The minimum atomic E-state index is -0.329. The first-order valence-corrected chi connectivity index (χ1v) is 6.97. The van der Waals surface area contributed by atoms with Gasteiger partial charge >= 0.3 is 0 Å². The lowest BCUT2D eigenvalue weighted by Gasteiger charge is -2.29. The molecule has 2 aliphatic rings. The smallest absolute Gasteiger partial charge is 0.251 e. The molecule has 1 atom stereocenters. The summed E-state index contributed by atoms with van der Waals surface area (Å²) in [5.41, 5.74) is 7.75. The zero-order chi connectivity index (χ0) is 14.3. The maximum Gasteiger partial charge on any atom is 0.251 e. The summed E-state index contributed by atoms with van der Waals surface area (Å²) in [7, 11) is 0. The Kier molecular flexibility index (Phi) is 3.01. The zero-order valence-electron chi connectivity index (χ0n) is 11.5. The molecule has 1 aliphatic carbocycles. The lowest BCUT2D eigenvalue weighted by molar-refractivity contribution is -0.115. The lowest BCUT2D eigenvalue weighted by Crippen LogP contribution is -2.53. The van der Waals surface area contributed by atoms with E-state index >= 15 is 0 Å². The summed E-state index contributed by atoms with van der Waals surface area (Å²) in [6.07, 6.45) is 2.58. The number of carbonyl (C=O) groups excluding carboxylic acids is 2. The Morgan fingerprint density at radius 3 is 2.90 bits per heavy atom. The third kappa shape index (κ3) is 2.29. The molecule has 0 radical (unpaired) electrons. The van der Waals surface area contributed by atoms with Crippen LogP contribution in [-0.4, -0.2) is 23.9 Å². The minimum Gasteiger partial charge on any atom is -0.345 e. The lowest BCUT2D eigenvalue weighted by atomic mass is 9.95. The highest BCUT2D eigenvalue weighted by Crippen LogP contribution is 2.39. The van der Waals surface area contributed by atoms with E-state index in [4.69, 9.17) is 5.73 Å². The molecule has 0 aromatic heterocycles. The molecule has 3 rings (SSSR count). The fourth-order valence-corrected chi connectivity index (χ4v) is 2.74. The second-order valence-corrected chi connectivity index (χ2v) is 5.95. The van der Waals surface area contributed by atoms with E-state index in [1.807, 2.05) is 6.92 Å². The molecule has 1 aromatic rings. The van der Waals surface area contributed by atoms with Crippen molar-refractivity contribution in [2.75, 3.05) is 11.9 Å². The van der Waals surface area contributed by atoms with E-state index in [1.165, 1.54) is 0 Å². The number of benzene rings is 1. The van der Waals surface area contributed by atoms with E-state index in [2.05, 4.69) is 10.6 Å². The van der Waals surface area contributed by atoms with Crippen molar-refractivity contribution in [3.63, 3.8) is 0 Å². The first-order valence-electron chi connectivity index (χ1n) is 6.97. The van der Waals surface area contributed by atoms with Gasteiger partial charge in [-0.15, -0.1) is 0 Å². The third-order valence-electron chi connectivity index (χ3n) is 4.29. The molecule has 106 valence electrons. The largest absolute Gasteiger partial charge is 0.345 e. The molecule has 1 aliphatic heterocycles. The number of anilines is 1. The van der Waals surface area contributed by atoms with Crippen LogP contribution in [-0.2, 0) is 11.2 Å². The molecular formula is C15H19N3O2. The fraction of sp³-hybridized carbons (Fsp3) is 0.467. The van der Waals surface area contributed by atoms with Crippen LogP contribution >= 0.6 is 0 Å². The van der Waals surface area contributed by atoms with Crippen LogP contribution in [0.3, 0.4) is 0 Å². The highest BCUT2D eigenvalue weighted by Gasteiger charge is 2.41. The maximum absolute atomic E-state index is 12.4. The predicted octanol–water partition coefficient (Wildman–Crippen LogP) is 1.04. The van der Waals surface area contributed by atoms with Crippen LogP contribution in [0.1, 0.15) is 35.7 Å². The molecule has 5 heteroatoms. The maximum atomic E-state index is 12.4. The van der Waals surface area contributed by atoms with Crippen molar-refractivity contribution in [1.29, 1.82) is 0 Å². The van der Waals surface area contributed by atoms with Gasteiger partial charge in [0.1, 0.15) is 0 Å². The number of hydrogen-bond donors (Lipinski definition) is 3. The number of carbonyl (C=O) groups is 2. The van der Waals surface area contributed by atoms with Crippen LogP contribution in [0.5, 0.6) is 0 Å². The molecule has 1 aromatic carbocycles. The molecule has 20 heavy (non-hydrogen) atoms. The Hall–Kier alpha value is -1.88. The first kappa shape index (κ1) is 13.1. The third-order valence-corrected chi connectivity index (χ3v) is 4.29. The van der Waals surface area contributed by atoms with Crippen LogP contribution in [0, 0.1) is 5.92 Å². The molecule has 1 unspecified atom stereocenters. The molecule has 0 saturated heterocycles. The zero-order valence-corrected chi connectivity index (χ0v) is 11.5. The number of fused-ring (bicyclic) bond motifs is 1. The van der Waals surface area contributed by atoms with Crippen LogP contribution in [0.25, 0.3) is 0 Å². The molecule has 0 bridgehead atoms. The Labute approximate surface area is 117 Å². The van der Waals surface area contributed by atoms with Gasteiger partial charge in [0, 0.05) is 17.8 Å². The topological polar surface area (TPSA) is 84.2 Å². The highest BCUT2D eigenvalue weighted by molar-refractivity contribution is 6.01. The number of nitrogens with two attached hydrogens (primary N) is 1. The van der Waals surface area contributed by atoms with Gasteiger partial charge in [-0.25, -0.2) is 0 Å². The van der Waals surface area contributed by atoms with Gasteiger partial charge in [-0.05, 0) is 49.4 Å². The van der Waals surface area contributed by atoms with Crippen molar-refractivity contribution < 1.29 is 9.59 Å². The molecule has 5 nitrogen and oxygen atoms in total. The van der Waals surface area contributed by atoms with Gasteiger partial charge in [-0.2, -0.15) is 0 Å². The summed E-state index contributed by atoms with van der Waals surface area (Å²) in [5, 5.41) is 5.81. The van der Waals surface area contributed by atoms with Gasteiger partial charge in [-0.3, -0.25) is 9.59 Å². The van der Waals surface area contributed by atoms with Gasteiger partial charge in [0.2, 0.25) is 5.91 Å². The van der Waals surface area contributed by atoms with Gasteiger partial charge < -0.3 is 16.4 Å². The van der Waals surface area contributed by atoms with Gasteiger partial charge in [-0.1, -0.05) is 0 Å². The van der Waals surface area contributed by atoms with Gasteiger partial charge in [0.15, 0.2) is 0 Å². The average molecular weight is 273 g/mol. The van der Waals surface area contributed by atoms with Crippen LogP contribution < -0.4 is 16.4 Å². The summed E-state index contributed by atoms with van der Waals surface area (Å²) in [6, 6.07) is 5.31. The number of rotatable bonds is 4. The molecule has 1 fully saturated rings. The standard InChI is InChI=1S/C15H19N3O2/c1-15(8-16,11-3-4-11)18-14(20)9-2-5-12-10(6-9)7-13(19)17-12/h2,5-6,11H,3-4,7-8,16H2,1H3,(H,17,19)(H,18,20). The first-order chi connectivity index (χ1) is 9.51. The summed E-state index contributed by atoms with van der Waals surface area (Å²) in [5.74, 6) is 0.337. The van der Waals surface area contributed by atoms with E-state index in [1.54, 1.807) is 18.2 Å². The monoisotopic (exact) mass is 273 g/mol. The van der Waals surface area contributed by atoms with Crippen LogP contribution in [0.15, 0.2) is 18.2 Å². The van der Waals surface area contributed by atoms with Crippen LogP contribution in [0.2, 0.25) is 0 Å². The summed E-state index contributed by atoms with van der Waals surface area (Å²) >= 11 is 0. The Balaban J connectivity index is 1.78. The van der Waals surface area contributed by atoms with Gasteiger partial charge in [0.25, 0.3) is 5.91 Å². The van der Waals surface area contributed by atoms with Crippen molar-refractivity contribution in [2.45, 2.75) is 31.7 Å². The van der Waals surface area contributed by atoms with E-state index in [0.29, 0.717) is 24.4 Å². The Morgan fingerprint density at radius 2 is 2.25 bits per heavy atom. The molecular weight excluding hydrogens is 254 g/mol.